The van der Waals surface area contributed by atoms with Crippen molar-refractivity contribution < 1.29 is 81.1 Å². The fourth-order valence-electron chi connectivity index (χ4n) is 4.52. The third-order valence-electron chi connectivity index (χ3n) is 7.39. The van der Waals surface area contributed by atoms with Gasteiger partial charge in [-0.1, -0.05) is 15.3 Å². The second-order valence-corrected chi connectivity index (χ2v) is 12.2. The van der Waals surface area contributed by atoms with Gasteiger partial charge in [0.15, 0.2) is 11.5 Å². The Labute approximate surface area is 363 Å². The molecule has 352 valence electrons. The van der Waals surface area contributed by atoms with Crippen molar-refractivity contribution in [1.82, 2.24) is 0 Å². The van der Waals surface area contributed by atoms with Gasteiger partial charge in [0.1, 0.15) is 19.8 Å². The van der Waals surface area contributed by atoms with E-state index < -0.39 is 23.9 Å². The summed E-state index contributed by atoms with van der Waals surface area (Å²) >= 11 is 0. The predicted molar refractivity (Wildman–Crippen MR) is 217 cm³/mol. The highest BCUT2D eigenvalue weighted by Gasteiger charge is 2.20. The van der Waals surface area contributed by atoms with E-state index >= 15 is 0 Å². The van der Waals surface area contributed by atoms with Gasteiger partial charge >= 0.3 is 23.9 Å². The van der Waals surface area contributed by atoms with Crippen molar-refractivity contribution in [3.05, 3.63) is 49.0 Å². The number of hydrogen-bond donors (Lipinski definition) is 1. The molecule has 1 aromatic carbocycles. The molecule has 1 rings (SSSR count). The van der Waals surface area contributed by atoms with Crippen molar-refractivity contribution in [2.24, 2.45) is 15.3 Å². The summed E-state index contributed by atoms with van der Waals surface area (Å²) in [6, 6.07) is 2.49. The first-order valence-corrected chi connectivity index (χ1v) is 20.1. The Hall–Kier alpha value is -5.81. The summed E-state index contributed by atoms with van der Waals surface area (Å²) in [6.45, 7) is 3.48. The molecule has 1 N–H and O–H groups in total. The molecule has 26 heteroatoms. The summed E-state index contributed by atoms with van der Waals surface area (Å²) in [6.07, 6.45) is 0.561. The molecule has 0 spiro atoms. The first kappa shape index (κ1) is 55.2. The third-order valence-corrected chi connectivity index (χ3v) is 7.39. The molecule has 0 atom stereocenters. The predicted octanol–water partition coefficient (Wildman–Crippen LogP) is 4.52. The van der Waals surface area contributed by atoms with Gasteiger partial charge in [0.05, 0.1) is 105 Å². The van der Waals surface area contributed by atoms with Crippen LogP contribution in [0.25, 0.3) is 31.3 Å². The Kier molecular flexibility index (Phi) is 35.3. The third kappa shape index (κ3) is 32.6. The van der Waals surface area contributed by atoms with Crippen LogP contribution in [0.1, 0.15) is 48.9 Å². The van der Waals surface area contributed by atoms with E-state index in [0.29, 0.717) is 0 Å². The Morgan fingerprint density at radius 1 is 0.444 bits per heavy atom. The van der Waals surface area contributed by atoms with Gasteiger partial charge in [0.2, 0.25) is 5.75 Å². The molecule has 0 aliphatic carbocycles. The van der Waals surface area contributed by atoms with Crippen LogP contribution in [0, 0.1) is 0 Å². The first-order valence-electron chi connectivity index (χ1n) is 20.1. The van der Waals surface area contributed by atoms with Gasteiger partial charge in [-0.05, 0) is 48.0 Å². The summed E-state index contributed by atoms with van der Waals surface area (Å²) in [7, 11) is 0. The first-order chi connectivity index (χ1) is 30.8. The monoisotopic (exact) mass is 899 g/mol. The quantitative estimate of drug-likeness (QED) is 0.0235. The number of ether oxygens (including phenoxy) is 12. The number of carbonyl (C=O) groups is 4. The average Bonchev–Trinajstić information content (AvgIpc) is 3.27. The molecule has 0 bridgehead atoms. The van der Waals surface area contributed by atoms with E-state index in [2.05, 4.69) is 30.1 Å². The van der Waals surface area contributed by atoms with E-state index in [1.165, 1.54) is 12.1 Å². The van der Waals surface area contributed by atoms with Crippen molar-refractivity contribution in [3.63, 3.8) is 0 Å². The van der Waals surface area contributed by atoms with Gasteiger partial charge in [-0.2, -0.15) is 0 Å². The minimum Gasteiger partial charge on any atom is -0.490 e. The number of nitrogens with zero attached hydrogens (tertiary/aromatic N) is 9. The molecule has 0 fully saturated rings. The number of carboxylic acids is 1. The zero-order valence-corrected chi connectivity index (χ0v) is 35.3. The molecular weight excluding hydrogens is 842 g/mol. The molecular formula is C37H57N9O17. The Morgan fingerprint density at radius 2 is 0.746 bits per heavy atom. The van der Waals surface area contributed by atoms with Crippen LogP contribution in [0.3, 0.4) is 0 Å². The standard InChI is InChI=1S/C37H57N9O17/c38-44-41-7-13-52-16-19-55-22-25-60-33(47)4-1-10-58-31-28-30(37(50)51)29-32(59-11-2-5-34(48)61-26-23-56-20-17-53-14-8-42-45-39)36(31)63-12-3-6-35(49)62-27-24-57-21-18-54-15-9-43-46-40/h28-29H,1-27H2,(H,50,51). The molecule has 0 unspecified atom stereocenters. The van der Waals surface area contributed by atoms with Gasteiger partial charge in [-0.15, -0.1) is 0 Å². The number of esters is 3. The van der Waals surface area contributed by atoms with Crippen LogP contribution in [-0.2, 0) is 57.0 Å². The molecule has 0 amide bonds. The lowest BCUT2D eigenvalue weighted by molar-refractivity contribution is -0.146. The summed E-state index contributed by atoms with van der Waals surface area (Å²) in [5.41, 5.74) is 24.5. The molecule has 0 aliphatic rings. The molecule has 0 aliphatic heterocycles. The lowest BCUT2D eigenvalue weighted by Gasteiger charge is -2.18. The number of benzene rings is 1. The maximum atomic E-state index is 12.3. The number of rotatable bonds is 43. The zero-order valence-electron chi connectivity index (χ0n) is 35.3. The molecule has 0 saturated heterocycles. The molecule has 1 aromatic rings. The second-order valence-electron chi connectivity index (χ2n) is 12.2. The second kappa shape index (κ2) is 40.3. The maximum Gasteiger partial charge on any atom is 0.335 e. The van der Waals surface area contributed by atoms with Crippen LogP contribution in [0.2, 0.25) is 0 Å². The van der Waals surface area contributed by atoms with Crippen molar-refractivity contribution in [2.45, 2.75) is 38.5 Å². The van der Waals surface area contributed by atoms with Gasteiger partial charge in [0, 0.05) is 53.6 Å². The topological polar surface area (TPSA) is 346 Å². The molecule has 26 nitrogen and oxygen atoms in total. The van der Waals surface area contributed by atoms with E-state index in [-0.39, 0.29) is 200 Å². The van der Waals surface area contributed by atoms with Gasteiger partial charge in [-0.3, -0.25) is 14.4 Å². The van der Waals surface area contributed by atoms with E-state index in [1.54, 1.807) is 0 Å². The molecule has 63 heavy (non-hydrogen) atoms. The van der Waals surface area contributed by atoms with Crippen LogP contribution >= 0.6 is 0 Å². The Morgan fingerprint density at radius 3 is 1.06 bits per heavy atom. The van der Waals surface area contributed by atoms with Gasteiger partial charge in [0.25, 0.3) is 0 Å². The summed E-state index contributed by atoms with van der Waals surface area (Å²) in [5.74, 6) is -2.72. The molecule has 0 aromatic heterocycles. The average molecular weight is 900 g/mol. The smallest absolute Gasteiger partial charge is 0.335 e. The number of carboxylic acid groups (broad SMARTS) is 1. The van der Waals surface area contributed by atoms with E-state index in [1.807, 2.05) is 0 Å². The number of aromatic carboxylic acids is 1. The van der Waals surface area contributed by atoms with E-state index in [9.17, 15) is 24.3 Å². The number of azide groups is 3. The highest BCUT2D eigenvalue weighted by Crippen LogP contribution is 2.39. The lowest BCUT2D eigenvalue weighted by Crippen LogP contribution is -2.15. The van der Waals surface area contributed by atoms with Crippen molar-refractivity contribution in [2.75, 3.05) is 139 Å². The van der Waals surface area contributed by atoms with Crippen LogP contribution in [-0.4, -0.2) is 168 Å². The van der Waals surface area contributed by atoms with Gasteiger partial charge in [-0.25, -0.2) is 4.79 Å². The highest BCUT2D eigenvalue weighted by atomic mass is 16.6. The van der Waals surface area contributed by atoms with Crippen LogP contribution in [0.5, 0.6) is 17.2 Å². The minimum atomic E-state index is -1.28. The summed E-state index contributed by atoms with van der Waals surface area (Å²) in [5, 5.41) is 19.9. The normalized spacial score (nSPS) is 10.4. The van der Waals surface area contributed by atoms with Crippen molar-refractivity contribution >= 4 is 23.9 Å². The van der Waals surface area contributed by atoms with Gasteiger partial charge < -0.3 is 61.9 Å². The number of carbonyl (C=O) groups excluding carboxylic acids is 3. The van der Waals surface area contributed by atoms with Crippen molar-refractivity contribution in [1.29, 1.82) is 0 Å². The number of hydrogen-bond acceptors (Lipinski definition) is 19. The summed E-state index contributed by atoms with van der Waals surface area (Å²) in [4.78, 5) is 56.7. The van der Waals surface area contributed by atoms with E-state index in [0.717, 1.165) is 0 Å². The lowest BCUT2D eigenvalue weighted by atomic mass is 10.1. The zero-order chi connectivity index (χ0) is 45.9. The van der Waals surface area contributed by atoms with Crippen LogP contribution in [0.4, 0.5) is 0 Å². The maximum absolute atomic E-state index is 12.3. The van der Waals surface area contributed by atoms with Crippen molar-refractivity contribution in [3.8, 4) is 17.2 Å². The summed E-state index contributed by atoms with van der Waals surface area (Å²) < 4.78 is 64.9. The highest BCUT2D eigenvalue weighted by molar-refractivity contribution is 5.89. The molecule has 0 radical (unpaired) electrons. The molecule has 0 saturated carbocycles. The minimum absolute atomic E-state index is 0.00953. The Bertz CT molecular complexity index is 1510. The fourth-order valence-corrected chi connectivity index (χ4v) is 4.52. The fraction of sp³-hybridized carbons (Fsp3) is 0.730. The van der Waals surface area contributed by atoms with Crippen LogP contribution in [0.15, 0.2) is 27.5 Å². The molecule has 0 heterocycles. The van der Waals surface area contributed by atoms with E-state index in [4.69, 9.17) is 73.4 Å². The largest absolute Gasteiger partial charge is 0.490 e. The SMILES string of the molecule is [N-]=[N+]=NCCOCCOCCOC(=O)CCCOc1cc(C(=O)O)cc(OCCCC(=O)OCCOCCOCCN=[N+]=[N-])c1OCCCC(=O)OCCOCCOCCN=[N+]=[N-]. The Balaban J connectivity index is 2.68. The van der Waals surface area contributed by atoms with Crippen LogP contribution < -0.4 is 14.2 Å².